The third kappa shape index (κ3) is 3.67. The molecule has 1 heterocycles. The average Bonchev–Trinajstić information content (AvgIpc) is 2.45. The van der Waals surface area contributed by atoms with Crippen LogP contribution in [0.5, 0.6) is 0 Å². The first-order valence-electron chi connectivity index (χ1n) is 6.13. The van der Waals surface area contributed by atoms with Crippen molar-refractivity contribution in [1.29, 1.82) is 0 Å². The molecule has 2 N–H and O–H groups in total. The normalized spacial score (nSPS) is 9.50. The van der Waals surface area contributed by atoms with Crippen LogP contribution in [0.1, 0.15) is 21.5 Å². The van der Waals surface area contributed by atoms with Gasteiger partial charge >= 0.3 is 0 Å². The van der Waals surface area contributed by atoms with E-state index in [0.29, 0.717) is 16.9 Å². The van der Waals surface area contributed by atoms with Gasteiger partial charge in [0, 0.05) is 17.3 Å². The molecule has 0 aliphatic heterocycles. The lowest BCUT2D eigenvalue weighted by Crippen LogP contribution is -2.13. The van der Waals surface area contributed by atoms with Crippen molar-refractivity contribution in [2.24, 2.45) is 0 Å². The third-order valence-electron chi connectivity index (χ3n) is 2.59. The highest BCUT2D eigenvalue weighted by molar-refractivity contribution is 6.03. The van der Waals surface area contributed by atoms with Crippen molar-refractivity contribution in [3.8, 4) is 11.8 Å². The Morgan fingerprint density at radius 3 is 2.95 bits per heavy atom. The summed E-state index contributed by atoms with van der Waals surface area (Å²) < 4.78 is 0. The number of amides is 1. The van der Waals surface area contributed by atoms with Crippen LogP contribution in [-0.4, -0.2) is 22.6 Å². The number of pyridine rings is 1. The Labute approximate surface area is 117 Å². The van der Waals surface area contributed by atoms with Crippen LogP contribution in [0.3, 0.4) is 0 Å². The van der Waals surface area contributed by atoms with Crippen molar-refractivity contribution in [3.05, 3.63) is 59.3 Å². The zero-order valence-electron chi connectivity index (χ0n) is 11.1. The molecule has 1 aromatic carbocycles. The van der Waals surface area contributed by atoms with Crippen molar-refractivity contribution in [1.82, 2.24) is 4.98 Å². The molecule has 20 heavy (non-hydrogen) atoms. The quantitative estimate of drug-likeness (QED) is 0.817. The summed E-state index contributed by atoms with van der Waals surface area (Å²) in [6, 6.07) is 10.7. The SMILES string of the molecule is Cc1cccc(C(=O)Nc2cc(C#CCO)ccn2)c1. The molecule has 0 saturated carbocycles. The van der Waals surface area contributed by atoms with Crippen LogP contribution in [0.2, 0.25) is 0 Å². The minimum Gasteiger partial charge on any atom is -0.384 e. The largest absolute Gasteiger partial charge is 0.384 e. The van der Waals surface area contributed by atoms with E-state index >= 15 is 0 Å². The number of rotatable bonds is 2. The Kier molecular flexibility index (Phi) is 4.48. The smallest absolute Gasteiger partial charge is 0.256 e. The molecule has 1 amide bonds. The van der Waals surface area contributed by atoms with E-state index in [2.05, 4.69) is 22.1 Å². The number of aliphatic hydroxyl groups is 1. The topological polar surface area (TPSA) is 62.2 Å². The lowest BCUT2D eigenvalue weighted by molar-refractivity contribution is 0.102. The predicted octanol–water partition coefficient (Wildman–Crippen LogP) is 1.99. The van der Waals surface area contributed by atoms with Gasteiger partial charge in [-0.25, -0.2) is 4.98 Å². The van der Waals surface area contributed by atoms with Crippen molar-refractivity contribution in [2.45, 2.75) is 6.92 Å². The van der Waals surface area contributed by atoms with Crippen LogP contribution in [0.15, 0.2) is 42.6 Å². The van der Waals surface area contributed by atoms with Gasteiger partial charge in [-0.2, -0.15) is 0 Å². The number of anilines is 1. The first-order chi connectivity index (χ1) is 9.69. The summed E-state index contributed by atoms with van der Waals surface area (Å²) in [5, 5.41) is 11.4. The van der Waals surface area contributed by atoms with Crippen LogP contribution in [0.25, 0.3) is 0 Å². The van der Waals surface area contributed by atoms with E-state index in [-0.39, 0.29) is 12.5 Å². The van der Waals surface area contributed by atoms with Gasteiger partial charge < -0.3 is 10.4 Å². The van der Waals surface area contributed by atoms with Gasteiger partial charge in [0.05, 0.1) is 0 Å². The highest BCUT2D eigenvalue weighted by Crippen LogP contribution is 2.09. The molecule has 0 radical (unpaired) electrons. The molecule has 100 valence electrons. The van der Waals surface area contributed by atoms with Gasteiger partial charge in [-0.15, -0.1) is 0 Å². The fourth-order valence-corrected chi connectivity index (χ4v) is 1.69. The van der Waals surface area contributed by atoms with Gasteiger partial charge in [0.1, 0.15) is 12.4 Å². The number of aromatic nitrogens is 1. The second-order valence-electron chi connectivity index (χ2n) is 4.21. The van der Waals surface area contributed by atoms with Gasteiger partial charge in [0.15, 0.2) is 0 Å². The summed E-state index contributed by atoms with van der Waals surface area (Å²) in [6.45, 7) is 1.73. The number of nitrogens with one attached hydrogen (secondary N) is 1. The number of benzene rings is 1. The van der Waals surface area contributed by atoms with Crippen molar-refractivity contribution < 1.29 is 9.90 Å². The minimum absolute atomic E-state index is 0.201. The molecule has 4 heteroatoms. The second-order valence-corrected chi connectivity index (χ2v) is 4.21. The number of carbonyl (C=O) groups is 1. The highest BCUT2D eigenvalue weighted by atomic mass is 16.2. The summed E-state index contributed by atoms with van der Waals surface area (Å²) in [7, 11) is 0. The highest BCUT2D eigenvalue weighted by Gasteiger charge is 2.06. The number of hydrogen-bond acceptors (Lipinski definition) is 3. The number of hydrogen-bond donors (Lipinski definition) is 2. The fourth-order valence-electron chi connectivity index (χ4n) is 1.69. The van der Waals surface area contributed by atoms with Gasteiger partial charge in [-0.05, 0) is 31.2 Å². The van der Waals surface area contributed by atoms with Crippen LogP contribution < -0.4 is 5.32 Å². The molecular formula is C16H14N2O2. The molecule has 2 rings (SSSR count). The monoisotopic (exact) mass is 266 g/mol. The average molecular weight is 266 g/mol. The van der Waals surface area contributed by atoms with Gasteiger partial charge in [0.25, 0.3) is 5.91 Å². The first kappa shape index (κ1) is 13.8. The Morgan fingerprint density at radius 1 is 1.35 bits per heavy atom. The molecule has 0 aliphatic rings. The molecule has 0 bridgehead atoms. The third-order valence-corrected chi connectivity index (χ3v) is 2.59. The lowest BCUT2D eigenvalue weighted by atomic mass is 10.1. The molecule has 0 saturated heterocycles. The fraction of sp³-hybridized carbons (Fsp3) is 0.125. The maximum atomic E-state index is 12.1. The summed E-state index contributed by atoms with van der Waals surface area (Å²) in [4.78, 5) is 16.1. The Morgan fingerprint density at radius 2 is 2.20 bits per heavy atom. The van der Waals surface area contributed by atoms with E-state index in [1.807, 2.05) is 25.1 Å². The number of aryl methyl sites for hydroxylation is 1. The van der Waals surface area contributed by atoms with Crippen molar-refractivity contribution >= 4 is 11.7 Å². The molecular weight excluding hydrogens is 252 g/mol. The molecule has 0 unspecified atom stereocenters. The van der Waals surface area contributed by atoms with E-state index in [1.165, 1.54) is 0 Å². The molecule has 0 fully saturated rings. The molecule has 1 aromatic heterocycles. The zero-order chi connectivity index (χ0) is 14.4. The number of aliphatic hydroxyl groups excluding tert-OH is 1. The maximum Gasteiger partial charge on any atom is 0.256 e. The molecule has 0 atom stereocenters. The predicted molar refractivity (Wildman–Crippen MR) is 77.3 cm³/mol. The first-order valence-corrected chi connectivity index (χ1v) is 6.13. The van der Waals surface area contributed by atoms with Gasteiger partial charge in [-0.1, -0.05) is 29.5 Å². The maximum absolute atomic E-state index is 12.1. The van der Waals surface area contributed by atoms with Crippen molar-refractivity contribution in [3.63, 3.8) is 0 Å². The number of carbonyl (C=O) groups excluding carboxylic acids is 1. The molecule has 0 spiro atoms. The van der Waals surface area contributed by atoms with E-state index in [4.69, 9.17) is 5.11 Å². The van der Waals surface area contributed by atoms with E-state index in [0.717, 1.165) is 5.56 Å². The minimum atomic E-state index is -0.214. The number of nitrogens with zero attached hydrogens (tertiary/aromatic N) is 1. The molecule has 2 aromatic rings. The van der Waals surface area contributed by atoms with E-state index < -0.39 is 0 Å². The van der Waals surface area contributed by atoms with E-state index in [1.54, 1.807) is 24.4 Å². The Balaban J connectivity index is 2.15. The van der Waals surface area contributed by atoms with Crippen LogP contribution in [0, 0.1) is 18.8 Å². The lowest BCUT2D eigenvalue weighted by Gasteiger charge is -2.05. The standard InChI is InChI=1S/C16H14N2O2/c1-12-4-2-6-14(10-12)16(20)18-15-11-13(5-3-9-19)7-8-17-15/h2,4,6-8,10-11,19H,9H2,1H3,(H,17,18,20). The second kappa shape index (κ2) is 6.50. The zero-order valence-corrected chi connectivity index (χ0v) is 11.1. The Bertz CT molecular complexity index is 684. The summed E-state index contributed by atoms with van der Waals surface area (Å²) in [5.41, 5.74) is 2.29. The van der Waals surface area contributed by atoms with E-state index in [9.17, 15) is 4.79 Å². The van der Waals surface area contributed by atoms with Crippen LogP contribution in [-0.2, 0) is 0 Å². The van der Waals surface area contributed by atoms with Gasteiger partial charge in [-0.3, -0.25) is 4.79 Å². The summed E-state index contributed by atoms with van der Waals surface area (Å²) in [5.74, 6) is 5.53. The van der Waals surface area contributed by atoms with Crippen LogP contribution in [0.4, 0.5) is 5.82 Å². The van der Waals surface area contributed by atoms with Crippen molar-refractivity contribution in [2.75, 3.05) is 11.9 Å². The Hall–Kier alpha value is -2.64. The molecule has 4 nitrogen and oxygen atoms in total. The summed E-state index contributed by atoms with van der Waals surface area (Å²) in [6.07, 6.45) is 1.56. The summed E-state index contributed by atoms with van der Waals surface area (Å²) >= 11 is 0. The van der Waals surface area contributed by atoms with Gasteiger partial charge in [0.2, 0.25) is 0 Å². The van der Waals surface area contributed by atoms with Crippen LogP contribution >= 0.6 is 0 Å². The molecule has 0 aliphatic carbocycles.